The molecule has 2 aliphatic carbocycles. The van der Waals surface area contributed by atoms with Crippen molar-refractivity contribution < 1.29 is 39.3 Å². The monoisotopic (exact) mass is 606 g/mol. The molecular weight excluding hydrogens is 562 g/mol. The van der Waals surface area contributed by atoms with Crippen LogP contribution in [-0.2, 0) is 17.5 Å². The smallest absolute Gasteiger partial charge is 0.331 e. The van der Waals surface area contributed by atoms with Gasteiger partial charge in [0.15, 0.2) is 0 Å². The van der Waals surface area contributed by atoms with Crippen molar-refractivity contribution in [3.05, 3.63) is 46.5 Å². The second-order valence-corrected chi connectivity index (χ2v) is 12.9. The number of benzene rings is 2. The van der Waals surface area contributed by atoms with E-state index in [1.807, 2.05) is 41.8 Å². The van der Waals surface area contributed by atoms with Crippen LogP contribution >= 0.6 is 0 Å². The Balaban J connectivity index is 0.000000206. The predicted molar refractivity (Wildman–Crippen MR) is 170 cm³/mol. The quantitative estimate of drug-likeness (QED) is 0.405. The molecule has 2 radical (unpaired) electrons. The summed E-state index contributed by atoms with van der Waals surface area (Å²) in [6.07, 6.45) is 6.10. The fourth-order valence-electron chi connectivity index (χ4n) is 5.54. The minimum absolute atomic E-state index is 0. The average Bonchev–Trinajstić information content (AvgIpc) is 3.90. The summed E-state index contributed by atoms with van der Waals surface area (Å²) in [6, 6.07) is 8.22. The van der Waals surface area contributed by atoms with Gasteiger partial charge in [-0.1, -0.05) is 12.1 Å². The van der Waals surface area contributed by atoms with Gasteiger partial charge in [0.25, 0.3) is 11.8 Å². The first-order valence-electron chi connectivity index (χ1n) is 15.1. The van der Waals surface area contributed by atoms with Gasteiger partial charge in [-0.15, -0.1) is 0 Å². The van der Waals surface area contributed by atoms with E-state index in [4.69, 9.17) is 19.2 Å². The van der Waals surface area contributed by atoms with Crippen LogP contribution in [0.5, 0.6) is 11.5 Å². The first-order chi connectivity index (χ1) is 20.4. The van der Waals surface area contributed by atoms with Crippen LogP contribution in [0.25, 0.3) is 0 Å². The molecule has 0 unspecified atom stereocenters. The van der Waals surface area contributed by atoms with E-state index in [1.165, 1.54) is 0 Å². The van der Waals surface area contributed by atoms with Gasteiger partial charge in [0.2, 0.25) is 0 Å². The molecule has 2 amide bonds. The van der Waals surface area contributed by atoms with Gasteiger partial charge in [-0.3, -0.25) is 9.59 Å². The van der Waals surface area contributed by atoms with E-state index in [9.17, 15) is 14.7 Å². The molecule has 0 bridgehead atoms. The van der Waals surface area contributed by atoms with Crippen molar-refractivity contribution in [2.75, 3.05) is 27.3 Å². The van der Waals surface area contributed by atoms with E-state index in [2.05, 4.69) is 0 Å². The first kappa shape index (κ1) is 33.8. The van der Waals surface area contributed by atoms with Gasteiger partial charge in [0.1, 0.15) is 11.5 Å². The molecule has 0 saturated heterocycles. The number of carbonyl (C=O) groups is 2. The van der Waals surface area contributed by atoms with Crippen molar-refractivity contribution in [2.45, 2.75) is 89.5 Å². The number of methoxy groups -OCH3 is 2. The summed E-state index contributed by atoms with van der Waals surface area (Å²) < 4.78 is 16.6. The van der Waals surface area contributed by atoms with Crippen molar-refractivity contribution in [1.29, 1.82) is 0 Å². The third kappa shape index (κ3) is 6.93. The average molecular weight is 606 g/mol. The molecule has 0 aromatic heterocycles. The lowest BCUT2D eigenvalue weighted by Gasteiger charge is -2.37. The van der Waals surface area contributed by atoms with Crippen LogP contribution in [0.3, 0.4) is 0 Å². The van der Waals surface area contributed by atoms with Crippen LogP contribution in [0.15, 0.2) is 24.3 Å². The highest BCUT2D eigenvalue weighted by molar-refractivity contribution is 6.47. The standard InChI is InChI=1S/C19H27BNO4.C13H15BNO3.H2O/c1-18(2,23)19(3,4)25-20-13-10-12-8-9-21(14-6-7-14)17(22)16(12)15(11-13)24-5;1-18-11-7-9(14-17)6-8-4-5-15(10-2-3-10)13(16)12(8)11;/h10-11,14,23H,6-9H2,1-5H3;6-7,10,17H,2-5H2,1H3;1H2. The van der Waals surface area contributed by atoms with Crippen LogP contribution in [0.4, 0.5) is 0 Å². The molecule has 0 spiro atoms. The first-order valence-corrected chi connectivity index (χ1v) is 15.1. The number of fused-ring (bicyclic) bond motifs is 2. The minimum atomic E-state index is -0.984. The molecule has 236 valence electrons. The van der Waals surface area contributed by atoms with Crippen LogP contribution in [0, 0.1) is 0 Å². The van der Waals surface area contributed by atoms with Gasteiger partial charge in [0.05, 0.1) is 36.5 Å². The van der Waals surface area contributed by atoms with E-state index in [-0.39, 0.29) is 17.3 Å². The largest absolute Gasteiger partial charge is 0.496 e. The topological polar surface area (TPSA) is 140 Å². The molecule has 2 saturated carbocycles. The molecule has 0 atom stereocenters. The molecule has 4 aliphatic rings. The summed E-state index contributed by atoms with van der Waals surface area (Å²) in [5.74, 6) is 1.29. The Morgan fingerprint density at radius 3 is 1.59 bits per heavy atom. The van der Waals surface area contributed by atoms with Gasteiger partial charge >= 0.3 is 15.0 Å². The number of ether oxygens (including phenoxy) is 2. The maximum Gasteiger partial charge on any atom is 0.331 e. The number of rotatable bonds is 9. The molecule has 10 nitrogen and oxygen atoms in total. The van der Waals surface area contributed by atoms with E-state index < -0.39 is 11.2 Å². The van der Waals surface area contributed by atoms with Crippen molar-refractivity contribution >= 4 is 37.7 Å². The number of amides is 2. The molecule has 6 rings (SSSR count). The highest BCUT2D eigenvalue weighted by Crippen LogP contribution is 2.36. The SMILES string of the molecule is COc1cc([B]O)cc2c1C(=O)N(C1CC1)CC2.COc1cc([B]OC(C)(C)C(C)(C)O)cc2c1C(=O)N(C1CC1)CC2.O. The second kappa shape index (κ2) is 13.1. The summed E-state index contributed by atoms with van der Waals surface area (Å²) in [6.45, 7) is 8.67. The number of aliphatic hydroxyl groups is 1. The van der Waals surface area contributed by atoms with Crippen LogP contribution in [0.2, 0.25) is 0 Å². The van der Waals surface area contributed by atoms with Gasteiger partial charge in [0, 0.05) is 25.2 Å². The lowest BCUT2D eigenvalue weighted by atomic mass is 9.80. The highest BCUT2D eigenvalue weighted by atomic mass is 16.5. The maximum atomic E-state index is 12.8. The third-order valence-electron chi connectivity index (χ3n) is 9.13. The molecule has 12 heteroatoms. The zero-order valence-electron chi connectivity index (χ0n) is 26.6. The molecule has 2 aromatic rings. The molecule has 2 heterocycles. The second-order valence-electron chi connectivity index (χ2n) is 12.9. The van der Waals surface area contributed by atoms with Crippen LogP contribution < -0.4 is 20.4 Å². The zero-order chi connectivity index (χ0) is 31.1. The normalized spacial score (nSPS) is 17.9. The lowest BCUT2D eigenvalue weighted by Crippen LogP contribution is -2.49. The Labute approximate surface area is 261 Å². The minimum Gasteiger partial charge on any atom is -0.496 e. The molecule has 2 aromatic carbocycles. The fraction of sp³-hybridized carbons (Fsp3) is 0.562. The van der Waals surface area contributed by atoms with E-state index in [1.54, 1.807) is 41.6 Å². The van der Waals surface area contributed by atoms with Gasteiger partial charge < -0.3 is 39.5 Å². The predicted octanol–water partition coefficient (Wildman–Crippen LogP) is 0.935. The summed E-state index contributed by atoms with van der Waals surface area (Å²) in [5.41, 5.74) is 3.10. The molecule has 4 N–H and O–H groups in total. The number of nitrogens with zero attached hydrogens (tertiary/aromatic N) is 2. The maximum absolute atomic E-state index is 12.8. The Kier molecular flexibility index (Phi) is 10.1. The van der Waals surface area contributed by atoms with Crippen LogP contribution in [0.1, 0.15) is 85.2 Å². The lowest BCUT2D eigenvalue weighted by molar-refractivity contribution is -0.0893. The van der Waals surface area contributed by atoms with Crippen molar-refractivity contribution in [2.24, 2.45) is 0 Å². The summed E-state index contributed by atoms with van der Waals surface area (Å²) in [7, 11) is 5.82. The number of hydrogen-bond donors (Lipinski definition) is 2. The van der Waals surface area contributed by atoms with Crippen molar-refractivity contribution in [3.63, 3.8) is 0 Å². The van der Waals surface area contributed by atoms with Crippen molar-refractivity contribution in [1.82, 2.24) is 9.80 Å². The van der Waals surface area contributed by atoms with E-state index in [0.717, 1.165) is 75.7 Å². The Bertz CT molecular complexity index is 1350. The van der Waals surface area contributed by atoms with Gasteiger partial charge in [-0.2, -0.15) is 0 Å². The molecule has 2 aliphatic heterocycles. The van der Waals surface area contributed by atoms with E-state index in [0.29, 0.717) is 40.2 Å². The van der Waals surface area contributed by atoms with E-state index >= 15 is 0 Å². The fourth-order valence-corrected chi connectivity index (χ4v) is 5.54. The van der Waals surface area contributed by atoms with Crippen molar-refractivity contribution in [3.8, 4) is 11.5 Å². The number of carbonyl (C=O) groups excluding carboxylic acids is 2. The summed E-state index contributed by atoms with van der Waals surface area (Å²) in [5, 5.41) is 19.3. The number of hydrogen-bond acceptors (Lipinski definition) is 7. The summed E-state index contributed by atoms with van der Waals surface area (Å²) in [4.78, 5) is 29.2. The molecule has 44 heavy (non-hydrogen) atoms. The third-order valence-corrected chi connectivity index (χ3v) is 9.13. The summed E-state index contributed by atoms with van der Waals surface area (Å²) >= 11 is 0. The van der Waals surface area contributed by atoms with Crippen LogP contribution in [-0.4, -0.2) is 103 Å². The molecule has 2 fully saturated rings. The Hall–Kier alpha value is -3.05. The highest BCUT2D eigenvalue weighted by Gasteiger charge is 2.39. The molecular formula is C32H44B2N2O8. The van der Waals surface area contributed by atoms with Gasteiger partial charge in [-0.25, -0.2) is 0 Å². The zero-order valence-corrected chi connectivity index (χ0v) is 26.6. The van der Waals surface area contributed by atoms with Gasteiger partial charge in [-0.05, 0) is 100 Å². The Morgan fingerprint density at radius 2 is 1.20 bits per heavy atom. The Morgan fingerprint density at radius 1 is 0.773 bits per heavy atom.